The average Bonchev–Trinajstić information content (AvgIpc) is 3.36. The minimum atomic E-state index is -0.400. The van der Waals surface area contributed by atoms with Gasteiger partial charge in [-0.3, -0.25) is 4.98 Å². The van der Waals surface area contributed by atoms with Crippen molar-refractivity contribution < 1.29 is 14.1 Å². The van der Waals surface area contributed by atoms with Crippen molar-refractivity contribution in [3.05, 3.63) is 55.0 Å². The highest BCUT2D eigenvalue weighted by molar-refractivity contribution is 5.73. The summed E-state index contributed by atoms with van der Waals surface area (Å²) in [5, 5.41) is 6.64. The van der Waals surface area contributed by atoms with E-state index in [-0.39, 0.29) is 6.04 Å². The molecule has 2 aromatic heterocycles. The number of ether oxygens (including phenoxy) is 1. The number of rotatable bonds is 4. The van der Waals surface area contributed by atoms with Gasteiger partial charge in [0.05, 0.1) is 6.20 Å². The van der Waals surface area contributed by atoms with E-state index in [1.807, 2.05) is 24.3 Å². The quantitative estimate of drug-likeness (QED) is 0.754. The molecule has 0 bridgehead atoms. The number of hydrogen-bond acceptors (Lipinski definition) is 5. The maximum atomic E-state index is 12.1. The molecule has 0 atom stereocenters. The summed E-state index contributed by atoms with van der Waals surface area (Å²) < 4.78 is 10.6. The van der Waals surface area contributed by atoms with Crippen molar-refractivity contribution in [1.29, 1.82) is 0 Å². The molecule has 1 aromatic carbocycles. The van der Waals surface area contributed by atoms with Gasteiger partial charge in [-0.1, -0.05) is 30.1 Å². The van der Waals surface area contributed by atoms with Gasteiger partial charge in [0, 0.05) is 35.6 Å². The third-order valence-corrected chi connectivity index (χ3v) is 4.52. The number of hydrogen-bond donors (Lipinski definition) is 1. The topological polar surface area (TPSA) is 77.2 Å². The molecule has 1 aliphatic carbocycles. The zero-order valence-electron chi connectivity index (χ0n) is 14.2. The van der Waals surface area contributed by atoms with E-state index in [2.05, 4.69) is 15.5 Å². The molecule has 26 heavy (non-hydrogen) atoms. The number of benzene rings is 1. The zero-order valence-corrected chi connectivity index (χ0v) is 14.2. The normalized spacial score (nSPS) is 14.3. The summed E-state index contributed by atoms with van der Waals surface area (Å²) in [6.07, 6.45) is 9.05. The molecule has 4 rings (SSSR count). The highest BCUT2D eigenvalue weighted by Crippen LogP contribution is 2.27. The van der Waals surface area contributed by atoms with Crippen molar-refractivity contribution in [1.82, 2.24) is 15.5 Å². The van der Waals surface area contributed by atoms with Gasteiger partial charge < -0.3 is 14.6 Å². The molecule has 0 unspecified atom stereocenters. The van der Waals surface area contributed by atoms with Gasteiger partial charge in [-0.15, -0.1) is 0 Å². The third-order valence-electron chi connectivity index (χ3n) is 4.52. The van der Waals surface area contributed by atoms with Crippen molar-refractivity contribution in [2.75, 3.05) is 0 Å². The Balaban J connectivity index is 1.50. The molecule has 0 aliphatic heterocycles. The summed E-state index contributed by atoms with van der Waals surface area (Å²) in [5.41, 5.74) is 2.65. The number of pyridine rings is 1. The summed E-state index contributed by atoms with van der Waals surface area (Å²) in [4.78, 5) is 16.3. The van der Waals surface area contributed by atoms with Crippen molar-refractivity contribution in [2.45, 2.75) is 31.7 Å². The van der Waals surface area contributed by atoms with E-state index in [0.29, 0.717) is 11.5 Å². The Bertz CT molecular complexity index is 887. The molecule has 6 heteroatoms. The summed E-state index contributed by atoms with van der Waals surface area (Å²) in [5.74, 6) is 1.16. The van der Waals surface area contributed by atoms with Gasteiger partial charge in [-0.2, -0.15) is 0 Å². The predicted molar refractivity (Wildman–Crippen MR) is 96.6 cm³/mol. The van der Waals surface area contributed by atoms with E-state index in [4.69, 9.17) is 9.26 Å². The van der Waals surface area contributed by atoms with Gasteiger partial charge in [0.2, 0.25) is 0 Å². The van der Waals surface area contributed by atoms with Gasteiger partial charge in [0.1, 0.15) is 5.75 Å². The van der Waals surface area contributed by atoms with E-state index < -0.39 is 6.09 Å². The van der Waals surface area contributed by atoms with Crippen LogP contribution in [0.25, 0.3) is 22.5 Å². The Morgan fingerprint density at radius 2 is 1.92 bits per heavy atom. The molecular weight excluding hydrogens is 330 g/mol. The highest BCUT2D eigenvalue weighted by Gasteiger charge is 2.18. The molecule has 6 nitrogen and oxygen atoms in total. The molecular formula is C20H19N3O3. The summed E-state index contributed by atoms with van der Waals surface area (Å²) in [7, 11) is 0. The smallest absolute Gasteiger partial charge is 0.410 e. The van der Waals surface area contributed by atoms with Crippen LogP contribution in [0.3, 0.4) is 0 Å². The molecule has 1 fully saturated rings. The number of carbonyl (C=O) groups excluding carboxylic acids is 1. The summed E-state index contributed by atoms with van der Waals surface area (Å²) in [6, 6.07) is 11.4. The largest absolute Gasteiger partial charge is 0.412 e. The third kappa shape index (κ3) is 3.74. The number of carbonyl (C=O) groups is 1. The first-order valence-corrected chi connectivity index (χ1v) is 8.73. The van der Waals surface area contributed by atoms with Crippen LogP contribution in [0.4, 0.5) is 4.79 Å². The van der Waals surface area contributed by atoms with Crippen LogP contribution in [-0.4, -0.2) is 22.3 Å². The first-order chi connectivity index (χ1) is 12.8. The highest BCUT2D eigenvalue weighted by atomic mass is 16.6. The lowest BCUT2D eigenvalue weighted by Gasteiger charge is -2.12. The number of aromatic nitrogens is 2. The number of amides is 1. The first kappa shape index (κ1) is 16.3. The molecule has 132 valence electrons. The van der Waals surface area contributed by atoms with Crippen LogP contribution in [0.1, 0.15) is 25.7 Å². The van der Waals surface area contributed by atoms with Gasteiger partial charge >= 0.3 is 6.09 Å². The van der Waals surface area contributed by atoms with E-state index >= 15 is 0 Å². The minimum Gasteiger partial charge on any atom is -0.410 e. The SMILES string of the molecule is O=C(NC1CCCC1)Oc1cccc(-c2cncc(-c3ccno3)c2)c1. The molecule has 1 saturated carbocycles. The van der Waals surface area contributed by atoms with Gasteiger partial charge in [0.15, 0.2) is 5.76 Å². The Labute approximate surface area is 151 Å². The van der Waals surface area contributed by atoms with Gasteiger partial charge in [-0.25, -0.2) is 4.79 Å². The van der Waals surface area contributed by atoms with Gasteiger partial charge in [-0.05, 0) is 36.6 Å². The van der Waals surface area contributed by atoms with E-state index in [1.165, 1.54) is 0 Å². The molecule has 1 aliphatic rings. The van der Waals surface area contributed by atoms with Crippen molar-refractivity contribution >= 4 is 6.09 Å². The molecule has 3 aromatic rings. The van der Waals surface area contributed by atoms with Crippen LogP contribution in [0.15, 0.2) is 59.5 Å². The van der Waals surface area contributed by atoms with Crippen molar-refractivity contribution in [3.8, 4) is 28.2 Å². The fourth-order valence-corrected chi connectivity index (χ4v) is 3.21. The van der Waals surface area contributed by atoms with Crippen molar-refractivity contribution in [3.63, 3.8) is 0 Å². The van der Waals surface area contributed by atoms with E-state index in [1.54, 1.807) is 30.7 Å². The predicted octanol–water partition coefficient (Wildman–Crippen LogP) is 4.43. The lowest BCUT2D eigenvalue weighted by molar-refractivity contribution is 0.196. The molecule has 0 spiro atoms. The summed E-state index contributed by atoms with van der Waals surface area (Å²) in [6.45, 7) is 0. The van der Waals surface area contributed by atoms with Crippen LogP contribution < -0.4 is 10.1 Å². The van der Waals surface area contributed by atoms with E-state index in [0.717, 1.165) is 42.4 Å². The molecule has 1 amide bonds. The fourth-order valence-electron chi connectivity index (χ4n) is 3.21. The molecule has 0 radical (unpaired) electrons. The van der Waals surface area contributed by atoms with Crippen LogP contribution in [0.5, 0.6) is 5.75 Å². The fraction of sp³-hybridized carbons (Fsp3) is 0.250. The Morgan fingerprint density at radius 1 is 1.08 bits per heavy atom. The monoisotopic (exact) mass is 349 g/mol. The number of nitrogens with zero attached hydrogens (tertiary/aromatic N) is 2. The molecule has 2 heterocycles. The minimum absolute atomic E-state index is 0.230. The second-order valence-electron chi connectivity index (χ2n) is 6.38. The van der Waals surface area contributed by atoms with Crippen LogP contribution >= 0.6 is 0 Å². The Kier molecular flexibility index (Phi) is 4.64. The Morgan fingerprint density at radius 3 is 2.73 bits per heavy atom. The van der Waals surface area contributed by atoms with Gasteiger partial charge in [0.25, 0.3) is 0 Å². The Hall–Kier alpha value is -3.15. The lowest BCUT2D eigenvalue weighted by Crippen LogP contribution is -2.34. The summed E-state index contributed by atoms with van der Waals surface area (Å²) >= 11 is 0. The molecule has 1 N–H and O–H groups in total. The zero-order chi connectivity index (χ0) is 17.8. The van der Waals surface area contributed by atoms with Crippen LogP contribution in [0.2, 0.25) is 0 Å². The lowest BCUT2D eigenvalue weighted by atomic mass is 10.1. The average molecular weight is 349 g/mol. The number of nitrogens with one attached hydrogen (secondary N) is 1. The molecule has 0 saturated heterocycles. The first-order valence-electron chi connectivity index (χ1n) is 8.73. The van der Waals surface area contributed by atoms with Crippen LogP contribution in [-0.2, 0) is 0 Å². The van der Waals surface area contributed by atoms with E-state index in [9.17, 15) is 4.79 Å². The maximum Gasteiger partial charge on any atom is 0.412 e. The second-order valence-corrected chi connectivity index (χ2v) is 6.38. The van der Waals surface area contributed by atoms with Crippen molar-refractivity contribution in [2.24, 2.45) is 0 Å². The maximum absolute atomic E-state index is 12.1. The standard InChI is InChI=1S/C20H19N3O3/c24-20(23-17-5-1-2-6-17)25-18-7-3-4-14(11-18)15-10-16(13-21-12-15)19-8-9-22-26-19/h3-4,7-13,17H,1-2,5-6H2,(H,23,24). The second kappa shape index (κ2) is 7.39. The van der Waals surface area contributed by atoms with Crippen LogP contribution in [0, 0.1) is 0 Å².